The van der Waals surface area contributed by atoms with Crippen molar-refractivity contribution in [2.45, 2.75) is 50.9 Å². The minimum absolute atomic E-state index is 0.0969. The Balaban J connectivity index is 1.82. The molecular weight excluding hydrogens is 274 g/mol. The maximum Gasteiger partial charge on any atom is 0.308 e. The van der Waals surface area contributed by atoms with E-state index in [0.29, 0.717) is 0 Å². The van der Waals surface area contributed by atoms with Gasteiger partial charge in [-0.1, -0.05) is 13.8 Å². The van der Waals surface area contributed by atoms with Crippen LogP contribution in [0.4, 0.5) is 0 Å². The molecule has 0 aromatic carbocycles. The summed E-state index contributed by atoms with van der Waals surface area (Å²) in [7, 11) is 0. The van der Waals surface area contributed by atoms with E-state index in [2.05, 4.69) is 4.90 Å². The van der Waals surface area contributed by atoms with Crippen LogP contribution in [0.15, 0.2) is 0 Å². The van der Waals surface area contributed by atoms with Gasteiger partial charge in [0.05, 0.1) is 25.7 Å². The molecule has 2 saturated heterocycles. The number of hydrogen-bond acceptors (Lipinski definition) is 6. The molecule has 0 radical (unpaired) electrons. The summed E-state index contributed by atoms with van der Waals surface area (Å²) in [4.78, 5) is 14.1. The lowest BCUT2D eigenvalue weighted by atomic mass is 9.88. The lowest BCUT2D eigenvalue weighted by molar-refractivity contribution is -0.155. The van der Waals surface area contributed by atoms with E-state index in [1.54, 1.807) is 13.8 Å². The zero-order valence-electron chi connectivity index (χ0n) is 12.9. The molecule has 0 aliphatic carbocycles. The van der Waals surface area contributed by atoms with E-state index in [9.17, 15) is 20.1 Å². The highest BCUT2D eigenvalue weighted by Crippen LogP contribution is 2.33. The first-order chi connectivity index (χ1) is 9.87. The topological polar surface area (TPSA) is 90.2 Å². The van der Waals surface area contributed by atoms with Crippen LogP contribution in [0.3, 0.4) is 0 Å². The zero-order valence-corrected chi connectivity index (χ0v) is 12.9. The van der Waals surface area contributed by atoms with Gasteiger partial charge in [0, 0.05) is 18.5 Å². The van der Waals surface area contributed by atoms with E-state index in [0.717, 1.165) is 25.9 Å². The normalized spacial score (nSPS) is 32.2. The van der Waals surface area contributed by atoms with Gasteiger partial charge in [-0.2, -0.15) is 0 Å². The molecule has 0 bridgehead atoms. The van der Waals surface area contributed by atoms with Crippen LogP contribution >= 0.6 is 0 Å². The second kappa shape index (κ2) is 6.60. The van der Waals surface area contributed by atoms with Gasteiger partial charge in [-0.25, -0.2) is 0 Å². The summed E-state index contributed by atoms with van der Waals surface area (Å²) in [6.45, 7) is 5.18. The molecule has 0 amide bonds. The molecule has 21 heavy (non-hydrogen) atoms. The van der Waals surface area contributed by atoms with Crippen molar-refractivity contribution < 1.29 is 24.9 Å². The number of fused-ring (bicyclic) bond motifs is 1. The zero-order chi connectivity index (χ0) is 15.6. The molecule has 2 fully saturated rings. The number of aliphatic hydroxyl groups is 3. The first kappa shape index (κ1) is 16.7. The first-order valence-electron chi connectivity index (χ1n) is 7.78. The van der Waals surface area contributed by atoms with Crippen LogP contribution in [-0.2, 0) is 9.53 Å². The summed E-state index contributed by atoms with van der Waals surface area (Å²) < 4.78 is 5.28. The third-order valence-corrected chi connectivity index (χ3v) is 5.06. The highest BCUT2D eigenvalue weighted by Gasteiger charge is 2.43. The molecule has 0 spiro atoms. The average Bonchev–Trinajstić information content (AvgIpc) is 3.00. The fourth-order valence-electron chi connectivity index (χ4n) is 3.36. The van der Waals surface area contributed by atoms with E-state index in [1.165, 1.54) is 0 Å². The van der Waals surface area contributed by atoms with Crippen LogP contribution in [0.1, 0.15) is 33.1 Å². The molecule has 2 rings (SSSR count). The Morgan fingerprint density at radius 1 is 1.38 bits per heavy atom. The first-order valence-corrected chi connectivity index (χ1v) is 7.78. The summed E-state index contributed by atoms with van der Waals surface area (Å²) in [6, 6.07) is 0.0969. The Morgan fingerprint density at radius 2 is 2.05 bits per heavy atom. The van der Waals surface area contributed by atoms with Crippen molar-refractivity contribution >= 4 is 5.97 Å². The highest BCUT2D eigenvalue weighted by molar-refractivity contribution is 5.70. The Labute approximate surface area is 125 Å². The van der Waals surface area contributed by atoms with E-state index in [-0.39, 0.29) is 37.0 Å². The molecular formula is C15H27NO5. The fraction of sp³-hybridized carbons (Fsp3) is 0.933. The molecule has 0 aromatic heterocycles. The number of esters is 1. The number of aliphatic hydroxyl groups excluding tert-OH is 2. The third kappa shape index (κ3) is 3.56. The minimum atomic E-state index is -1.42. The quantitative estimate of drug-likeness (QED) is 0.586. The van der Waals surface area contributed by atoms with Crippen LogP contribution in [0.25, 0.3) is 0 Å². The molecule has 0 aromatic rings. The van der Waals surface area contributed by atoms with E-state index in [4.69, 9.17) is 4.74 Å². The summed E-state index contributed by atoms with van der Waals surface area (Å²) in [5.41, 5.74) is -1.42. The molecule has 3 N–H and O–H groups in total. The number of ether oxygens (including phenoxy) is 1. The molecule has 6 nitrogen and oxygen atoms in total. The van der Waals surface area contributed by atoms with E-state index >= 15 is 0 Å². The van der Waals surface area contributed by atoms with Gasteiger partial charge in [-0.05, 0) is 25.3 Å². The Morgan fingerprint density at radius 3 is 2.67 bits per heavy atom. The number of rotatable bonds is 6. The van der Waals surface area contributed by atoms with Crippen LogP contribution in [0, 0.1) is 11.8 Å². The van der Waals surface area contributed by atoms with Gasteiger partial charge >= 0.3 is 5.97 Å². The third-order valence-electron chi connectivity index (χ3n) is 5.06. The predicted octanol–water partition coefficient (Wildman–Crippen LogP) is -0.246. The molecule has 0 saturated carbocycles. The molecule has 122 valence electrons. The van der Waals surface area contributed by atoms with Gasteiger partial charge in [0.1, 0.15) is 5.60 Å². The summed E-state index contributed by atoms with van der Waals surface area (Å²) >= 11 is 0. The average molecular weight is 301 g/mol. The minimum Gasteiger partial charge on any atom is -0.465 e. The van der Waals surface area contributed by atoms with Gasteiger partial charge in [0.2, 0.25) is 0 Å². The largest absolute Gasteiger partial charge is 0.465 e. The molecule has 2 heterocycles. The van der Waals surface area contributed by atoms with Crippen molar-refractivity contribution in [3.8, 4) is 0 Å². The fourth-order valence-corrected chi connectivity index (χ4v) is 3.36. The van der Waals surface area contributed by atoms with Crippen molar-refractivity contribution in [1.29, 1.82) is 0 Å². The second-order valence-electron chi connectivity index (χ2n) is 6.71. The van der Waals surface area contributed by atoms with Crippen molar-refractivity contribution in [2.75, 3.05) is 26.3 Å². The molecule has 2 aliphatic heterocycles. The van der Waals surface area contributed by atoms with Gasteiger partial charge in [0.15, 0.2) is 0 Å². The molecule has 6 heteroatoms. The smallest absolute Gasteiger partial charge is 0.308 e. The predicted molar refractivity (Wildman–Crippen MR) is 76.5 cm³/mol. The maximum atomic E-state index is 11.9. The number of carbonyl (C=O) groups excluding carboxylic acids is 1. The molecule has 4 atom stereocenters. The van der Waals surface area contributed by atoms with Crippen LogP contribution < -0.4 is 0 Å². The van der Waals surface area contributed by atoms with Crippen LogP contribution in [-0.4, -0.2) is 70.2 Å². The standard InChI is InChI=1S/C15H27NO5/c1-10(2)15(20,9-17)7-13(19)21-8-11-3-5-16-6-4-12(18)14(11)16/h10-12,14,17-18,20H,3-9H2,1-2H3. The van der Waals surface area contributed by atoms with Gasteiger partial charge in [-0.15, -0.1) is 0 Å². The second-order valence-corrected chi connectivity index (χ2v) is 6.71. The molecule has 4 unspecified atom stereocenters. The van der Waals surface area contributed by atoms with Gasteiger partial charge in [-0.3, -0.25) is 9.69 Å². The highest BCUT2D eigenvalue weighted by atomic mass is 16.5. The van der Waals surface area contributed by atoms with Gasteiger partial charge < -0.3 is 20.1 Å². The number of carbonyl (C=O) groups is 1. The van der Waals surface area contributed by atoms with Crippen molar-refractivity contribution in [1.82, 2.24) is 4.90 Å². The molecule has 2 aliphatic rings. The lowest BCUT2D eigenvalue weighted by Crippen LogP contribution is -2.42. The van der Waals surface area contributed by atoms with Gasteiger partial charge in [0.25, 0.3) is 0 Å². The Kier molecular flexibility index (Phi) is 5.24. The van der Waals surface area contributed by atoms with E-state index in [1.807, 2.05) is 0 Å². The monoisotopic (exact) mass is 301 g/mol. The summed E-state index contributed by atoms with van der Waals surface area (Å²) in [6.07, 6.45) is 1.17. The Bertz CT molecular complexity index is 375. The summed E-state index contributed by atoms with van der Waals surface area (Å²) in [5.74, 6) is -0.562. The van der Waals surface area contributed by atoms with Crippen LogP contribution in [0.2, 0.25) is 0 Å². The van der Waals surface area contributed by atoms with Crippen molar-refractivity contribution in [3.05, 3.63) is 0 Å². The van der Waals surface area contributed by atoms with E-state index < -0.39 is 18.2 Å². The van der Waals surface area contributed by atoms with Crippen molar-refractivity contribution in [3.63, 3.8) is 0 Å². The number of hydrogen-bond donors (Lipinski definition) is 3. The Hall–Kier alpha value is -0.690. The maximum absolute atomic E-state index is 11.9. The van der Waals surface area contributed by atoms with Crippen molar-refractivity contribution in [2.24, 2.45) is 11.8 Å². The summed E-state index contributed by atoms with van der Waals surface area (Å²) in [5, 5.41) is 29.4. The lowest BCUT2D eigenvalue weighted by Gasteiger charge is -2.29. The SMILES string of the molecule is CC(C)C(O)(CO)CC(=O)OCC1CCN2CCC(O)C12. The number of nitrogens with zero attached hydrogens (tertiary/aromatic N) is 1. The van der Waals surface area contributed by atoms with Crippen LogP contribution in [0.5, 0.6) is 0 Å².